The molecular weight excluding hydrogens is 477 g/mol. The molecule has 1 aliphatic rings. The fourth-order valence-corrected chi connectivity index (χ4v) is 4.24. The Balaban J connectivity index is 1.47. The van der Waals surface area contributed by atoms with Crippen molar-refractivity contribution < 1.29 is 22.7 Å². The first-order valence-electron chi connectivity index (χ1n) is 11.4. The molecule has 4 aromatic rings. The lowest BCUT2D eigenvalue weighted by molar-refractivity contribution is -0.141. The van der Waals surface area contributed by atoms with Gasteiger partial charge in [-0.3, -0.25) is 14.5 Å². The van der Waals surface area contributed by atoms with Crippen LogP contribution >= 0.6 is 0 Å². The standard InChI is InChI=1S/C23H23F3N8O2/c1-2-17(13-3-4-19(28-9-13)23(24,25)26)33-11-15(10-29-33)14-7-18(21(35)30-16-5-6-36-12-16)34-20(8-14)31-22(27)32-34/h3-4,7-11,16-17H,2,5-6,12H2,1H3,(H2,27,32)(H,30,35). The van der Waals surface area contributed by atoms with Crippen LogP contribution in [0.3, 0.4) is 0 Å². The number of hydrogen-bond donors (Lipinski definition) is 2. The molecule has 4 aromatic heterocycles. The van der Waals surface area contributed by atoms with Crippen molar-refractivity contribution in [3.05, 3.63) is 59.8 Å². The van der Waals surface area contributed by atoms with Crippen molar-refractivity contribution in [3.63, 3.8) is 0 Å². The molecular formula is C23H23F3N8O2. The molecule has 1 fully saturated rings. The summed E-state index contributed by atoms with van der Waals surface area (Å²) >= 11 is 0. The highest BCUT2D eigenvalue weighted by Crippen LogP contribution is 2.30. The van der Waals surface area contributed by atoms with Gasteiger partial charge in [0, 0.05) is 24.6 Å². The summed E-state index contributed by atoms with van der Waals surface area (Å²) in [6.45, 7) is 2.94. The van der Waals surface area contributed by atoms with Gasteiger partial charge in [-0.15, -0.1) is 5.10 Å². The van der Waals surface area contributed by atoms with Crippen LogP contribution in [0.15, 0.2) is 42.9 Å². The number of hydrogen-bond acceptors (Lipinski definition) is 7. The van der Waals surface area contributed by atoms with E-state index < -0.39 is 11.9 Å². The zero-order valence-corrected chi connectivity index (χ0v) is 19.2. The van der Waals surface area contributed by atoms with Gasteiger partial charge in [0.25, 0.3) is 5.91 Å². The number of anilines is 1. The largest absolute Gasteiger partial charge is 0.433 e. The second-order valence-electron chi connectivity index (χ2n) is 8.51. The van der Waals surface area contributed by atoms with E-state index in [1.165, 1.54) is 16.8 Å². The van der Waals surface area contributed by atoms with E-state index in [9.17, 15) is 18.0 Å². The first kappa shape index (κ1) is 23.7. The smallest absolute Gasteiger partial charge is 0.379 e. The number of alkyl halides is 3. The number of carbonyl (C=O) groups excluding carboxylic acids is 1. The molecule has 10 nitrogen and oxygen atoms in total. The Morgan fingerprint density at radius 1 is 1.28 bits per heavy atom. The van der Waals surface area contributed by atoms with Gasteiger partial charge >= 0.3 is 6.18 Å². The van der Waals surface area contributed by atoms with E-state index in [1.807, 2.05) is 6.92 Å². The normalized spacial score (nSPS) is 16.9. The topological polar surface area (TPSA) is 125 Å². The number of nitrogens with one attached hydrogen (secondary N) is 1. The highest BCUT2D eigenvalue weighted by molar-refractivity contribution is 5.95. The van der Waals surface area contributed by atoms with Gasteiger partial charge in [0.05, 0.1) is 24.9 Å². The quantitative estimate of drug-likeness (QED) is 0.417. The highest BCUT2D eigenvalue weighted by Gasteiger charge is 2.32. The van der Waals surface area contributed by atoms with Crippen LogP contribution in [0.1, 0.15) is 47.6 Å². The van der Waals surface area contributed by atoms with E-state index in [0.717, 1.165) is 12.5 Å². The molecule has 5 rings (SSSR count). The molecule has 2 unspecified atom stereocenters. The van der Waals surface area contributed by atoms with Crippen LogP contribution in [0.4, 0.5) is 19.1 Å². The predicted molar refractivity (Wildman–Crippen MR) is 123 cm³/mol. The number of amides is 1. The van der Waals surface area contributed by atoms with Crippen LogP contribution in [0.25, 0.3) is 16.8 Å². The minimum absolute atomic E-state index is 0.0296. The SMILES string of the molecule is CCC(c1ccc(C(F)(F)F)nc1)n1cc(-c2cc(C(=O)NC3CCOC3)n3nc(N)nc3c2)cn1. The van der Waals surface area contributed by atoms with Crippen molar-refractivity contribution in [2.45, 2.75) is 38.0 Å². The van der Waals surface area contributed by atoms with Gasteiger partial charge in [0.2, 0.25) is 5.95 Å². The van der Waals surface area contributed by atoms with Crippen LogP contribution in [-0.4, -0.2) is 54.5 Å². The number of rotatable bonds is 6. The highest BCUT2D eigenvalue weighted by atomic mass is 19.4. The van der Waals surface area contributed by atoms with Gasteiger partial charge in [-0.25, -0.2) is 4.52 Å². The Kier molecular flexibility index (Phi) is 6.08. The Hall–Kier alpha value is -4.00. The number of nitrogens with zero attached hydrogens (tertiary/aromatic N) is 6. The average Bonchev–Trinajstić information content (AvgIpc) is 3.59. The first-order valence-corrected chi connectivity index (χ1v) is 11.4. The number of aromatic nitrogens is 6. The second kappa shape index (κ2) is 9.22. The molecule has 0 aliphatic carbocycles. The molecule has 1 aliphatic heterocycles. The lowest BCUT2D eigenvalue weighted by Crippen LogP contribution is -2.36. The van der Waals surface area contributed by atoms with E-state index in [4.69, 9.17) is 10.5 Å². The molecule has 3 N–H and O–H groups in total. The number of carbonyl (C=O) groups is 1. The van der Waals surface area contributed by atoms with E-state index in [-0.39, 0.29) is 29.6 Å². The van der Waals surface area contributed by atoms with Crippen LogP contribution in [0.5, 0.6) is 0 Å². The van der Waals surface area contributed by atoms with Crippen molar-refractivity contribution >= 4 is 17.5 Å². The van der Waals surface area contributed by atoms with Gasteiger partial charge in [-0.1, -0.05) is 13.0 Å². The third-order valence-electron chi connectivity index (χ3n) is 6.05. The van der Waals surface area contributed by atoms with Gasteiger partial charge in [-0.05, 0) is 42.2 Å². The summed E-state index contributed by atoms with van der Waals surface area (Å²) in [7, 11) is 0. The van der Waals surface area contributed by atoms with Crippen molar-refractivity contribution in [3.8, 4) is 11.1 Å². The predicted octanol–water partition coefficient (Wildman–Crippen LogP) is 3.11. The fraction of sp³-hybridized carbons (Fsp3) is 0.348. The summed E-state index contributed by atoms with van der Waals surface area (Å²) in [4.78, 5) is 20.8. The van der Waals surface area contributed by atoms with Gasteiger partial charge in [0.1, 0.15) is 11.4 Å². The van der Waals surface area contributed by atoms with Crippen LogP contribution in [-0.2, 0) is 10.9 Å². The molecule has 1 amide bonds. The third kappa shape index (κ3) is 4.61. The number of nitrogen functional groups attached to an aromatic ring is 1. The van der Waals surface area contributed by atoms with Crippen molar-refractivity contribution in [1.82, 2.24) is 34.7 Å². The number of nitrogens with two attached hydrogens (primary N) is 1. The lowest BCUT2D eigenvalue weighted by Gasteiger charge is -2.16. The van der Waals surface area contributed by atoms with E-state index >= 15 is 0 Å². The van der Waals surface area contributed by atoms with Gasteiger partial charge in [-0.2, -0.15) is 23.3 Å². The molecule has 0 spiro atoms. The fourth-order valence-electron chi connectivity index (χ4n) is 4.24. The van der Waals surface area contributed by atoms with Crippen molar-refractivity contribution in [2.75, 3.05) is 18.9 Å². The average molecular weight is 500 g/mol. The maximum absolute atomic E-state index is 13.0. The number of halogens is 3. The van der Waals surface area contributed by atoms with Crippen LogP contribution in [0.2, 0.25) is 0 Å². The molecule has 0 radical (unpaired) electrons. The summed E-state index contributed by atoms with van der Waals surface area (Å²) in [6.07, 6.45) is 1.40. The zero-order valence-electron chi connectivity index (χ0n) is 19.2. The van der Waals surface area contributed by atoms with E-state index in [0.29, 0.717) is 42.0 Å². The summed E-state index contributed by atoms with van der Waals surface area (Å²) < 4.78 is 47.1. The molecule has 1 saturated heterocycles. The molecule has 36 heavy (non-hydrogen) atoms. The molecule has 0 saturated carbocycles. The van der Waals surface area contributed by atoms with E-state index in [1.54, 1.807) is 29.2 Å². The molecule has 2 atom stereocenters. The Morgan fingerprint density at radius 3 is 2.78 bits per heavy atom. The summed E-state index contributed by atoms with van der Waals surface area (Å²) in [5.41, 5.74) is 7.44. The lowest BCUT2D eigenvalue weighted by atomic mass is 10.1. The monoisotopic (exact) mass is 500 g/mol. The van der Waals surface area contributed by atoms with Gasteiger partial charge in [0.15, 0.2) is 5.65 Å². The maximum Gasteiger partial charge on any atom is 0.433 e. The van der Waals surface area contributed by atoms with E-state index in [2.05, 4.69) is 25.5 Å². The minimum Gasteiger partial charge on any atom is -0.379 e. The number of pyridine rings is 2. The van der Waals surface area contributed by atoms with Crippen LogP contribution < -0.4 is 11.1 Å². The number of ether oxygens (including phenoxy) is 1. The first-order chi connectivity index (χ1) is 17.2. The van der Waals surface area contributed by atoms with Gasteiger partial charge < -0.3 is 15.8 Å². The maximum atomic E-state index is 13.0. The Bertz CT molecular complexity index is 1390. The number of fused-ring (bicyclic) bond motifs is 1. The van der Waals surface area contributed by atoms with Crippen molar-refractivity contribution in [1.29, 1.82) is 0 Å². The van der Waals surface area contributed by atoms with Crippen molar-refractivity contribution in [2.24, 2.45) is 0 Å². The Morgan fingerprint density at radius 2 is 2.11 bits per heavy atom. The molecule has 5 heterocycles. The summed E-state index contributed by atoms with van der Waals surface area (Å²) in [5, 5.41) is 11.5. The second-order valence-corrected chi connectivity index (χ2v) is 8.51. The minimum atomic E-state index is -4.50. The molecule has 188 valence electrons. The summed E-state index contributed by atoms with van der Waals surface area (Å²) in [5.74, 6) is -0.307. The van der Waals surface area contributed by atoms with Crippen LogP contribution in [0, 0.1) is 0 Å². The molecule has 13 heteroatoms. The third-order valence-corrected chi connectivity index (χ3v) is 6.05. The Labute approximate surface area is 203 Å². The zero-order chi connectivity index (χ0) is 25.4. The molecule has 0 aromatic carbocycles. The molecule has 0 bridgehead atoms. The summed E-state index contributed by atoms with van der Waals surface area (Å²) in [6, 6.07) is 5.36.